The number of aromatic hydroxyl groups is 1. The number of aryl methyl sites for hydroxylation is 1. The highest BCUT2D eigenvalue weighted by Gasteiger charge is 2.16. The highest BCUT2D eigenvalue weighted by molar-refractivity contribution is 9.10. The molecule has 0 atom stereocenters. The van der Waals surface area contributed by atoms with Crippen molar-refractivity contribution >= 4 is 32.8 Å². The van der Waals surface area contributed by atoms with E-state index in [0.717, 1.165) is 12.0 Å². The van der Waals surface area contributed by atoms with Gasteiger partial charge in [-0.3, -0.25) is 4.79 Å². The van der Waals surface area contributed by atoms with Gasteiger partial charge in [-0.05, 0) is 48.4 Å². The summed E-state index contributed by atoms with van der Waals surface area (Å²) in [7, 11) is 0. The lowest BCUT2D eigenvalue weighted by molar-refractivity contribution is 0.0699. The number of carboxylic acid groups (broad SMARTS) is 1. The Kier molecular flexibility index (Phi) is 4.55. The molecule has 3 rings (SSSR count). The van der Waals surface area contributed by atoms with Gasteiger partial charge in [-0.15, -0.1) is 0 Å². The minimum Gasteiger partial charge on any atom is -0.504 e. The summed E-state index contributed by atoms with van der Waals surface area (Å²) in [6, 6.07) is 11.1. The SMILES string of the molecule is CCc1ccc2nc(-c3cc(Br)ccc(=O)c3O)cc(C(=O)O)c2c1. The average Bonchev–Trinajstić information content (AvgIpc) is 2.73. The smallest absolute Gasteiger partial charge is 0.336 e. The van der Waals surface area contributed by atoms with Crippen LogP contribution in [-0.2, 0) is 6.42 Å². The van der Waals surface area contributed by atoms with Gasteiger partial charge in [0.2, 0.25) is 5.43 Å². The van der Waals surface area contributed by atoms with E-state index in [4.69, 9.17) is 0 Å². The second-order valence-corrected chi connectivity index (χ2v) is 6.47. The Morgan fingerprint density at radius 1 is 1.16 bits per heavy atom. The molecule has 1 heterocycles. The first-order valence-corrected chi connectivity index (χ1v) is 8.40. The second-order valence-electron chi connectivity index (χ2n) is 5.55. The molecule has 0 saturated carbocycles. The van der Waals surface area contributed by atoms with E-state index in [1.54, 1.807) is 12.1 Å². The van der Waals surface area contributed by atoms with Crippen LogP contribution in [0.15, 0.2) is 51.7 Å². The van der Waals surface area contributed by atoms with Crippen molar-refractivity contribution < 1.29 is 15.0 Å². The summed E-state index contributed by atoms with van der Waals surface area (Å²) in [5.41, 5.74) is 1.39. The van der Waals surface area contributed by atoms with Gasteiger partial charge in [0.25, 0.3) is 0 Å². The first-order valence-electron chi connectivity index (χ1n) is 7.61. The fraction of sp³-hybridized carbons (Fsp3) is 0.105. The number of hydrogen-bond donors (Lipinski definition) is 2. The molecule has 0 aliphatic rings. The molecule has 0 aliphatic heterocycles. The number of pyridine rings is 1. The number of carboxylic acids is 1. The van der Waals surface area contributed by atoms with Gasteiger partial charge in [0.05, 0.1) is 16.8 Å². The second kappa shape index (κ2) is 6.64. The summed E-state index contributed by atoms with van der Waals surface area (Å²) < 4.78 is 0.569. The molecule has 0 radical (unpaired) electrons. The largest absolute Gasteiger partial charge is 0.504 e. The van der Waals surface area contributed by atoms with Crippen LogP contribution in [0, 0.1) is 0 Å². The van der Waals surface area contributed by atoms with E-state index in [0.29, 0.717) is 15.4 Å². The molecule has 0 aliphatic carbocycles. The van der Waals surface area contributed by atoms with Crippen molar-refractivity contribution in [2.45, 2.75) is 13.3 Å². The Balaban J connectivity index is 2.38. The van der Waals surface area contributed by atoms with E-state index in [9.17, 15) is 19.8 Å². The van der Waals surface area contributed by atoms with Crippen LogP contribution in [0.3, 0.4) is 0 Å². The zero-order valence-electron chi connectivity index (χ0n) is 13.3. The van der Waals surface area contributed by atoms with Gasteiger partial charge in [-0.2, -0.15) is 0 Å². The normalized spacial score (nSPS) is 10.8. The molecule has 0 saturated heterocycles. The number of fused-ring (bicyclic) bond motifs is 1. The van der Waals surface area contributed by atoms with Crippen LogP contribution >= 0.6 is 15.9 Å². The van der Waals surface area contributed by atoms with E-state index < -0.39 is 17.1 Å². The van der Waals surface area contributed by atoms with E-state index in [1.165, 1.54) is 24.3 Å². The van der Waals surface area contributed by atoms with E-state index in [1.807, 2.05) is 13.0 Å². The van der Waals surface area contributed by atoms with Gasteiger partial charge in [0, 0.05) is 15.4 Å². The van der Waals surface area contributed by atoms with Gasteiger partial charge >= 0.3 is 5.97 Å². The minimum absolute atomic E-state index is 0.0739. The first kappa shape index (κ1) is 17.1. The maximum absolute atomic E-state index is 11.9. The lowest BCUT2D eigenvalue weighted by Crippen LogP contribution is -2.02. The van der Waals surface area contributed by atoms with Gasteiger partial charge < -0.3 is 10.2 Å². The van der Waals surface area contributed by atoms with Crippen LogP contribution in [-0.4, -0.2) is 21.2 Å². The molecule has 126 valence electrons. The van der Waals surface area contributed by atoms with E-state index >= 15 is 0 Å². The van der Waals surface area contributed by atoms with Gasteiger partial charge in [0.1, 0.15) is 0 Å². The van der Waals surface area contributed by atoms with Crippen molar-refractivity contribution in [3.63, 3.8) is 0 Å². The zero-order valence-corrected chi connectivity index (χ0v) is 14.9. The number of carbonyl (C=O) groups is 1. The molecule has 0 spiro atoms. The highest BCUT2D eigenvalue weighted by Crippen LogP contribution is 2.30. The topological polar surface area (TPSA) is 87.5 Å². The molecule has 5 nitrogen and oxygen atoms in total. The molecule has 25 heavy (non-hydrogen) atoms. The summed E-state index contributed by atoms with van der Waals surface area (Å²) in [6.07, 6.45) is 0.776. The van der Waals surface area contributed by atoms with Crippen LogP contribution < -0.4 is 5.43 Å². The molecule has 2 N–H and O–H groups in total. The van der Waals surface area contributed by atoms with E-state index in [2.05, 4.69) is 20.9 Å². The molecule has 3 aromatic rings. The van der Waals surface area contributed by atoms with Crippen molar-refractivity contribution in [3.8, 4) is 17.0 Å². The lowest BCUT2D eigenvalue weighted by atomic mass is 10.0. The fourth-order valence-electron chi connectivity index (χ4n) is 2.62. The molecular formula is C19H14BrNO4. The van der Waals surface area contributed by atoms with Gasteiger partial charge in [-0.1, -0.05) is 28.9 Å². The van der Waals surface area contributed by atoms with Crippen LogP contribution in [0.4, 0.5) is 0 Å². The minimum atomic E-state index is -1.09. The lowest BCUT2D eigenvalue weighted by Gasteiger charge is -2.08. The fourth-order valence-corrected chi connectivity index (χ4v) is 2.99. The van der Waals surface area contributed by atoms with Crippen molar-refractivity contribution in [3.05, 3.63) is 68.3 Å². The molecule has 0 fully saturated rings. The Bertz CT molecular complexity index is 1060. The molecule has 0 unspecified atom stereocenters. The number of nitrogens with zero attached hydrogens (tertiary/aromatic N) is 1. The number of benzene rings is 1. The summed E-state index contributed by atoms with van der Waals surface area (Å²) in [4.78, 5) is 28.1. The molecule has 1 aromatic heterocycles. The summed E-state index contributed by atoms with van der Waals surface area (Å²) >= 11 is 3.28. The Hall–Kier alpha value is -2.73. The summed E-state index contributed by atoms with van der Waals surface area (Å²) in [5.74, 6) is -1.57. The third-order valence-corrected chi connectivity index (χ3v) is 4.45. The van der Waals surface area contributed by atoms with Gasteiger partial charge in [0.15, 0.2) is 5.75 Å². The maximum Gasteiger partial charge on any atom is 0.336 e. The Morgan fingerprint density at radius 3 is 2.60 bits per heavy atom. The number of rotatable bonds is 3. The maximum atomic E-state index is 11.9. The summed E-state index contributed by atoms with van der Waals surface area (Å²) in [5, 5.41) is 20.3. The van der Waals surface area contributed by atoms with E-state index in [-0.39, 0.29) is 16.8 Å². The predicted octanol–water partition coefficient (Wildman–Crippen LogP) is 3.99. The highest BCUT2D eigenvalue weighted by atomic mass is 79.9. The third-order valence-electron chi connectivity index (χ3n) is 3.95. The number of aromatic carboxylic acids is 1. The van der Waals surface area contributed by atoms with Crippen molar-refractivity contribution in [1.82, 2.24) is 4.98 Å². The zero-order chi connectivity index (χ0) is 18.1. The number of aromatic nitrogens is 1. The average molecular weight is 400 g/mol. The molecule has 2 aromatic carbocycles. The monoisotopic (exact) mass is 399 g/mol. The van der Waals surface area contributed by atoms with Crippen LogP contribution in [0.25, 0.3) is 22.2 Å². The van der Waals surface area contributed by atoms with Crippen LogP contribution in [0.2, 0.25) is 0 Å². The first-order chi connectivity index (χ1) is 11.9. The third kappa shape index (κ3) is 3.25. The van der Waals surface area contributed by atoms with Gasteiger partial charge in [-0.25, -0.2) is 9.78 Å². The standard InChI is InChI=1S/C19H14BrNO4/c1-2-10-3-5-15-12(7-10)13(19(24)25)9-16(21-15)14-8-11(20)4-6-17(22)18(14)23/h3-9H,2H2,1H3,(H,22,23)(H,24,25). The molecule has 0 bridgehead atoms. The summed E-state index contributed by atoms with van der Waals surface area (Å²) in [6.45, 7) is 1.98. The molecule has 0 amide bonds. The number of hydrogen-bond acceptors (Lipinski definition) is 4. The van der Waals surface area contributed by atoms with Crippen molar-refractivity contribution in [2.75, 3.05) is 0 Å². The molecular weight excluding hydrogens is 386 g/mol. The number of halogens is 1. The Labute approximate surface area is 151 Å². The molecule has 6 heteroatoms. The van der Waals surface area contributed by atoms with Crippen LogP contribution in [0.1, 0.15) is 22.8 Å². The van der Waals surface area contributed by atoms with Crippen molar-refractivity contribution in [1.29, 1.82) is 0 Å². The van der Waals surface area contributed by atoms with Crippen molar-refractivity contribution in [2.24, 2.45) is 0 Å². The van der Waals surface area contributed by atoms with Crippen LogP contribution in [0.5, 0.6) is 5.75 Å². The Morgan fingerprint density at radius 2 is 1.92 bits per heavy atom. The quantitative estimate of drug-likeness (QED) is 0.694. The predicted molar refractivity (Wildman–Crippen MR) is 99.2 cm³/mol.